The van der Waals surface area contributed by atoms with E-state index in [2.05, 4.69) is 5.10 Å². The Kier molecular flexibility index (Phi) is 3.18. The van der Waals surface area contributed by atoms with Crippen LogP contribution in [0, 0.1) is 11.3 Å². The van der Waals surface area contributed by atoms with Gasteiger partial charge in [0.25, 0.3) is 0 Å². The van der Waals surface area contributed by atoms with E-state index in [4.69, 9.17) is 10.5 Å². The van der Waals surface area contributed by atoms with E-state index in [-0.39, 0.29) is 34.2 Å². The number of nitrogens with one attached hydrogen (secondary N) is 1. The van der Waals surface area contributed by atoms with Gasteiger partial charge in [-0.15, -0.1) is 5.10 Å². The normalized spacial score (nSPS) is 17.4. The number of aromatic nitrogens is 2. The van der Waals surface area contributed by atoms with Crippen molar-refractivity contribution < 1.29 is 23.0 Å². The third-order valence-electron chi connectivity index (χ3n) is 3.43. The first kappa shape index (κ1) is 14.8. The van der Waals surface area contributed by atoms with Crippen LogP contribution in [0.5, 0.6) is 11.6 Å². The Morgan fingerprint density at radius 2 is 2.13 bits per heavy atom. The largest absolute Gasteiger partial charge is 0.508 e. The van der Waals surface area contributed by atoms with E-state index in [1.807, 2.05) is 5.10 Å². The molecule has 0 fully saturated rings. The van der Waals surface area contributed by atoms with Gasteiger partial charge in [0.2, 0.25) is 11.8 Å². The first-order valence-electron chi connectivity index (χ1n) is 6.35. The van der Waals surface area contributed by atoms with Crippen molar-refractivity contribution in [3.63, 3.8) is 0 Å². The lowest BCUT2D eigenvalue weighted by Gasteiger charge is -2.24. The van der Waals surface area contributed by atoms with E-state index in [0.717, 1.165) is 0 Å². The number of aromatic amines is 1. The molecule has 1 aromatic heterocycles. The number of hydrogen-bond acceptors (Lipinski definition) is 5. The number of ether oxygens (including phenoxy) is 1. The molecule has 0 amide bonds. The monoisotopic (exact) mass is 322 g/mol. The topological polar surface area (TPSA) is 108 Å². The zero-order valence-electron chi connectivity index (χ0n) is 11.3. The highest BCUT2D eigenvalue weighted by molar-refractivity contribution is 5.56. The lowest BCUT2D eigenvalue weighted by atomic mass is 9.84. The zero-order valence-corrected chi connectivity index (χ0v) is 11.3. The molecule has 1 atom stereocenters. The maximum absolute atomic E-state index is 13.2. The van der Waals surface area contributed by atoms with Crippen LogP contribution in [0.1, 0.15) is 22.7 Å². The van der Waals surface area contributed by atoms with Crippen molar-refractivity contribution in [1.29, 1.82) is 5.26 Å². The molecule has 118 valence electrons. The summed E-state index contributed by atoms with van der Waals surface area (Å²) in [4.78, 5) is 0. The first-order chi connectivity index (χ1) is 10.8. The van der Waals surface area contributed by atoms with Crippen LogP contribution < -0.4 is 10.5 Å². The van der Waals surface area contributed by atoms with Crippen LogP contribution in [0.15, 0.2) is 35.7 Å². The highest BCUT2D eigenvalue weighted by Crippen LogP contribution is 2.47. The van der Waals surface area contributed by atoms with Gasteiger partial charge in [-0.25, -0.2) is 0 Å². The van der Waals surface area contributed by atoms with E-state index in [1.54, 1.807) is 6.07 Å². The van der Waals surface area contributed by atoms with E-state index in [0.29, 0.717) is 0 Å². The third-order valence-corrected chi connectivity index (χ3v) is 3.43. The number of phenols is 1. The molecule has 0 saturated heterocycles. The molecule has 3 rings (SSSR count). The van der Waals surface area contributed by atoms with Gasteiger partial charge in [0.1, 0.15) is 23.1 Å². The number of aromatic hydroxyl groups is 1. The number of halogens is 3. The number of benzene rings is 1. The molecule has 1 aliphatic heterocycles. The predicted octanol–water partition coefficient (Wildman–Crippen LogP) is 2.35. The Labute approximate surface area is 127 Å². The minimum atomic E-state index is -4.72. The molecule has 9 heteroatoms. The van der Waals surface area contributed by atoms with Crippen molar-refractivity contribution in [2.45, 2.75) is 12.1 Å². The minimum absolute atomic E-state index is 0.150. The summed E-state index contributed by atoms with van der Waals surface area (Å²) in [6.45, 7) is 0. The number of nitrogens with two attached hydrogens (primary N) is 1. The number of nitrogens with zero attached hydrogens (tertiary/aromatic N) is 2. The highest BCUT2D eigenvalue weighted by Gasteiger charge is 2.44. The summed E-state index contributed by atoms with van der Waals surface area (Å²) in [6.07, 6.45) is -4.72. The Morgan fingerprint density at radius 1 is 1.39 bits per heavy atom. The van der Waals surface area contributed by atoms with Crippen LogP contribution in [0.3, 0.4) is 0 Å². The quantitative estimate of drug-likeness (QED) is 0.747. The number of alkyl halides is 3. The summed E-state index contributed by atoms with van der Waals surface area (Å²) in [5.74, 6) is -1.97. The summed E-state index contributed by atoms with van der Waals surface area (Å²) in [7, 11) is 0. The number of hydrogen-bond donors (Lipinski definition) is 3. The van der Waals surface area contributed by atoms with Crippen molar-refractivity contribution in [2.24, 2.45) is 5.73 Å². The van der Waals surface area contributed by atoms with Crippen molar-refractivity contribution in [3.05, 3.63) is 52.5 Å². The van der Waals surface area contributed by atoms with Crippen LogP contribution in [0.2, 0.25) is 0 Å². The number of H-pyrrole nitrogens is 1. The molecule has 2 aromatic rings. The number of allylic oxidation sites excluding steroid dienone is 1. The van der Waals surface area contributed by atoms with E-state index in [1.165, 1.54) is 24.3 Å². The molecule has 1 aliphatic rings. The molecule has 2 heterocycles. The summed E-state index contributed by atoms with van der Waals surface area (Å²) in [5, 5.41) is 24.2. The van der Waals surface area contributed by atoms with Gasteiger partial charge in [-0.2, -0.15) is 18.4 Å². The van der Waals surface area contributed by atoms with Gasteiger partial charge >= 0.3 is 6.18 Å². The minimum Gasteiger partial charge on any atom is -0.508 e. The average molecular weight is 322 g/mol. The molecule has 0 spiro atoms. The number of phenolic OH excluding ortho intramolecular Hbond substituents is 1. The molecular formula is C14H9F3N4O2. The Balaban J connectivity index is 2.28. The standard InChI is InChI=1S/C14H9F3N4O2/c15-14(16,17)11-10-9(6-2-1-3-7(22)4-6)8(5-18)12(19)23-13(10)21-20-11/h1-4,9,22H,19H2,(H,20,21). The van der Waals surface area contributed by atoms with E-state index >= 15 is 0 Å². The lowest BCUT2D eigenvalue weighted by Crippen LogP contribution is -2.22. The summed E-state index contributed by atoms with van der Waals surface area (Å²) < 4.78 is 44.6. The van der Waals surface area contributed by atoms with Gasteiger partial charge < -0.3 is 15.6 Å². The van der Waals surface area contributed by atoms with Crippen LogP contribution in [-0.4, -0.2) is 15.3 Å². The Bertz CT molecular complexity index is 848. The molecular weight excluding hydrogens is 313 g/mol. The maximum Gasteiger partial charge on any atom is 0.433 e. The van der Waals surface area contributed by atoms with Crippen molar-refractivity contribution >= 4 is 0 Å². The second kappa shape index (κ2) is 4.95. The molecule has 0 radical (unpaired) electrons. The Morgan fingerprint density at radius 3 is 2.74 bits per heavy atom. The van der Waals surface area contributed by atoms with E-state index < -0.39 is 17.8 Å². The maximum atomic E-state index is 13.2. The van der Waals surface area contributed by atoms with Crippen molar-refractivity contribution in [3.8, 4) is 17.7 Å². The van der Waals surface area contributed by atoms with Crippen LogP contribution in [-0.2, 0) is 6.18 Å². The van der Waals surface area contributed by atoms with Gasteiger partial charge in [-0.1, -0.05) is 12.1 Å². The second-order valence-corrected chi connectivity index (χ2v) is 4.83. The molecule has 23 heavy (non-hydrogen) atoms. The number of fused-ring (bicyclic) bond motifs is 1. The molecule has 0 aliphatic carbocycles. The number of nitriles is 1. The SMILES string of the molecule is N#CC1=C(N)Oc2n[nH]c(C(F)(F)F)c2C1c1cccc(O)c1. The second-order valence-electron chi connectivity index (χ2n) is 4.83. The molecule has 1 unspecified atom stereocenters. The fourth-order valence-corrected chi connectivity index (χ4v) is 2.50. The molecule has 0 bridgehead atoms. The average Bonchev–Trinajstić information content (AvgIpc) is 2.89. The van der Waals surface area contributed by atoms with Gasteiger partial charge in [-0.3, -0.25) is 5.10 Å². The summed E-state index contributed by atoms with van der Waals surface area (Å²) in [6, 6.07) is 7.34. The van der Waals surface area contributed by atoms with E-state index in [9.17, 15) is 23.5 Å². The summed E-state index contributed by atoms with van der Waals surface area (Å²) >= 11 is 0. The molecule has 1 aromatic carbocycles. The first-order valence-corrected chi connectivity index (χ1v) is 6.35. The molecule has 6 nitrogen and oxygen atoms in total. The van der Waals surface area contributed by atoms with Crippen molar-refractivity contribution in [1.82, 2.24) is 10.2 Å². The fourth-order valence-electron chi connectivity index (χ4n) is 2.50. The predicted molar refractivity (Wildman–Crippen MR) is 71.0 cm³/mol. The fraction of sp³-hybridized carbons (Fsp3) is 0.143. The molecule has 0 saturated carbocycles. The third kappa shape index (κ3) is 2.34. The lowest BCUT2D eigenvalue weighted by molar-refractivity contribution is -0.141. The van der Waals surface area contributed by atoms with Crippen LogP contribution >= 0.6 is 0 Å². The number of rotatable bonds is 1. The summed E-state index contributed by atoms with van der Waals surface area (Å²) in [5.41, 5.74) is 4.24. The van der Waals surface area contributed by atoms with Crippen LogP contribution in [0.25, 0.3) is 0 Å². The van der Waals surface area contributed by atoms with Gasteiger partial charge in [-0.05, 0) is 17.7 Å². The van der Waals surface area contributed by atoms with Gasteiger partial charge in [0, 0.05) is 0 Å². The smallest absolute Gasteiger partial charge is 0.433 e. The Hall–Kier alpha value is -3.15. The van der Waals surface area contributed by atoms with Gasteiger partial charge in [0.15, 0.2) is 0 Å². The van der Waals surface area contributed by atoms with Crippen LogP contribution in [0.4, 0.5) is 13.2 Å². The molecule has 4 N–H and O–H groups in total. The van der Waals surface area contributed by atoms with Gasteiger partial charge in [0.05, 0.1) is 11.5 Å². The van der Waals surface area contributed by atoms with Crippen molar-refractivity contribution in [2.75, 3.05) is 0 Å². The zero-order chi connectivity index (χ0) is 16.8. The highest BCUT2D eigenvalue weighted by atomic mass is 19.4.